The first kappa shape index (κ1) is 13.1. The van der Waals surface area contributed by atoms with Gasteiger partial charge in [0.2, 0.25) is 0 Å². The molecule has 68 valence electrons. The molecule has 1 atom stereocenters. The molecule has 0 aliphatic carbocycles. The van der Waals surface area contributed by atoms with Crippen molar-refractivity contribution in [3.63, 3.8) is 0 Å². The molecule has 1 aliphatic heterocycles. The van der Waals surface area contributed by atoms with Crippen molar-refractivity contribution in [2.24, 2.45) is 0 Å². The fourth-order valence-electron chi connectivity index (χ4n) is 0.665. The van der Waals surface area contributed by atoms with Gasteiger partial charge in [0.25, 0.3) is 0 Å². The molecule has 1 rings (SSSR count). The quantitative estimate of drug-likeness (QED) is 0.582. The van der Waals surface area contributed by atoms with Crippen LogP contribution in [0.3, 0.4) is 0 Å². The summed E-state index contributed by atoms with van der Waals surface area (Å²) < 4.78 is 0. The summed E-state index contributed by atoms with van der Waals surface area (Å²) in [6.45, 7) is 10.1. The molecule has 0 spiro atoms. The van der Waals surface area contributed by atoms with Crippen LogP contribution < -0.4 is 5.43 Å². The van der Waals surface area contributed by atoms with Crippen LogP contribution in [0.15, 0.2) is 12.3 Å². The molecule has 0 amide bonds. The van der Waals surface area contributed by atoms with Gasteiger partial charge in [-0.05, 0) is 13.0 Å². The van der Waals surface area contributed by atoms with Crippen LogP contribution in [0.1, 0.15) is 34.6 Å². The highest BCUT2D eigenvalue weighted by atomic mass is 15.5. The predicted octanol–water partition coefficient (Wildman–Crippen LogP) is 2.39. The largest absolute Gasteiger partial charge is 0.318 e. The Morgan fingerprint density at radius 3 is 1.73 bits per heavy atom. The number of nitrogens with zero attached hydrogens (tertiary/aromatic N) is 1. The number of rotatable bonds is 0. The standard InChI is InChI=1S/C5H10N2.2C2H6/c1-5-3-4-7(2)6-5;2*1-2/h3-6H,1-2H3;2*1-2H3. The average Bonchev–Trinajstić information content (AvgIpc) is 2.43. The molecule has 0 bridgehead atoms. The van der Waals surface area contributed by atoms with Gasteiger partial charge in [0, 0.05) is 19.3 Å². The Morgan fingerprint density at radius 2 is 1.64 bits per heavy atom. The maximum absolute atomic E-state index is 3.14. The SMILES string of the molecule is CC.CC.CC1C=CN(C)N1. The minimum absolute atomic E-state index is 0.519. The van der Waals surface area contributed by atoms with Gasteiger partial charge >= 0.3 is 0 Å². The summed E-state index contributed by atoms with van der Waals surface area (Å²) >= 11 is 0. The molecule has 0 saturated heterocycles. The third-order valence-corrected chi connectivity index (χ3v) is 1.01. The molecular formula is C9H22N2. The molecule has 1 heterocycles. The normalized spacial score (nSPS) is 19.8. The third-order valence-electron chi connectivity index (χ3n) is 1.01. The Morgan fingerprint density at radius 1 is 1.18 bits per heavy atom. The minimum atomic E-state index is 0.519. The van der Waals surface area contributed by atoms with Crippen molar-refractivity contribution in [3.05, 3.63) is 12.3 Å². The summed E-state index contributed by atoms with van der Waals surface area (Å²) in [5.41, 5.74) is 3.14. The molecular weight excluding hydrogens is 136 g/mol. The van der Waals surface area contributed by atoms with Crippen LogP contribution in [0.4, 0.5) is 0 Å². The smallest absolute Gasteiger partial charge is 0.0431 e. The van der Waals surface area contributed by atoms with Crippen LogP contribution in [0, 0.1) is 0 Å². The summed E-state index contributed by atoms with van der Waals surface area (Å²) in [6, 6.07) is 0.519. The van der Waals surface area contributed by atoms with Gasteiger partial charge in [0.15, 0.2) is 0 Å². The second kappa shape index (κ2) is 9.50. The zero-order chi connectivity index (χ0) is 9.28. The van der Waals surface area contributed by atoms with Gasteiger partial charge < -0.3 is 5.01 Å². The zero-order valence-corrected chi connectivity index (χ0v) is 8.68. The lowest BCUT2D eigenvalue weighted by molar-refractivity contribution is 0.339. The van der Waals surface area contributed by atoms with E-state index in [-0.39, 0.29) is 0 Å². The van der Waals surface area contributed by atoms with Crippen LogP contribution in [0.25, 0.3) is 0 Å². The van der Waals surface area contributed by atoms with Crippen molar-refractivity contribution < 1.29 is 0 Å². The second-order valence-corrected chi connectivity index (χ2v) is 1.87. The maximum Gasteiger partial charge on any atom is 0.0431 e. The van der Waals surface area contributed by atoms with Crippen molar-refractivity contribution >= 4 is 0 Å². The Kier molecular flexibility index (Phi) is 11.3. The summed E-state index contributed by atoms with van der Waals surface area (Å²) in [7, 11) is 1.99. The molecule has 0 fully saturated rings. The Balaban J connectivity index is 0. The van der Waals surface area contributed by atoms with E-state index in [1.807, 2.05) is 46.0 Å². The lowest BCUT2D eigenvalue weighted by atomic mass is 10.4. The number of hydrogen-bond acceptors (Lipinski definition) is 2. The highest BCUT2D eigenvalue weighted by Crippen LogP contribution is 1.94. The molecule has 0 saturated carbocycles. The fraction of sp³-hybridized carbons (Fsp3) is 0.778. The number of nitrogens with one attached hydrogen (secondary N) is 1. The number of hydrogen-bond donors (Lipinski definition) is 1. The van der Waals surface area contributed by atoms with Gasteiger partial charge in [0.05, 0.1) is 0 Å². The highest BCUT2D eigenvalue weighted by molar-refractivity contribution is 4.94. The monoisotopic (exact) mass is 158 g/mol. The fourth-order valence-corrected chi connectivity index (χ4v) is 0.665. The third kappa shape index (κ3) is 7.40. The molecule has 0 aromatic rings. The summed E-state index contributed by atoms with van der Waals surface area (Å²) in [4.78, 5) is 0. The molecule has 0 aromatic carbocycles. The van der Waals surface area contributed by atoms with E-state index >= 15 is 0 Å². The molecule has 2 nitrogen and oxygen atoms in total. The van der Waals surface area contributed by atoms with Crippen LogP contribution in [-0.2, 0) is 0 Å². The predicted molar refractivity (Wildman–Crippen MR) is 52.2 cm³/mol. The molecule has 1 unspecified atom stereocenters. The summed E-state index contributed by atoms with van der Waals surface area (Å²) in [6.07, 6.45) is 4.13. The Labute approximate surface area is 71.3 Å². The van der Waals surface area contributed by atoms with E-state index in [0.29, 0.717) is 6.04 Å². The first-order valence-corrected chi connectivity index (χ1v) is 4.46. The van der Waals surface area contributed by atoms with Crippen molar-refractivity contribution in [1.29, 1.82) is 0 Å². The lowest BCUT2D eigenvalue weighted by Gasteiger charge is -2.09. The van der Waals surface area contributed by atoms with Crippen LogP contribution in [0.5, 0.6) is 0 Å². The first-order chi connectivity index (χ1) is 5.29. The average molecular weight is 158 g/mol. The molecule has 1 N–H and O–H groups in total. The Bertz CT molecular complexity index is 79.6. The summed E-state index contributed by atoms with van der Waals surface area (Å²) in [5.74, 6) is 0. The van der Waals surface area contributed by atoms with Gasteiger partial charge in [-0.1, -0.05) is 27.7 Å². The van der Waals surface area contributed by atoms with Gasteiger partial charge in [0.1, 0.15) is 0 Å². The zero-order valence-electron chi connectivity index (χ0n) is 8.68. The topological polar surface area (TPSA) is 15.3 Å². The molecule has 2 heteroatoms. The van der Waals surface area contributed by atoms with Crippen molar-refractivity contribution in [3.8, 4) is 0 Å². The Hall–Kier alpha value is -0.500. The van der Waals surface area contributed by atoms with E-state index in [0.717, 1.165) is 0 Å². The van der Waals surface area contributed by atoms with E-state index in [2.05, 4.69) is 18.4 Å². The van der Waals surface area contributed by atoms with Gasteiger partial charge in [-0.2, -0.15) is 0 Å². The highest BCUT2D eigenvalue weighted by Gasteiger charge is 2.02. The molecule has 0 aromatic heterocycles. The van der Waals surface area contributed by atoms with E-state index in [4.69, 9.17) is 0 Å². The molecule has 11 heavy (non-hydrogen) atoms. The van der Waals surface area contributed by atoms with Crippen LogP contribution >= 0.6 is 0 Å². The minimum Gasteiger partial charge on any atom is -0.318 e. The lowest BCUT2D eigenvalue weighted by Crippen LogP contribution is -2.29. The van der Waals surface area contributed by atoms with Gasteiger partial charge in [-0.15, -0.1) is 0 Å². The van der Waals surface area contributed by atoms with Crippen LogP contribution in [0.2, 0.25) is 0 Å². The number of hydrazine groups is 1. The van der Waals surface area contributed by atoms with Gasteiger partial charge in [-0.3, -0.25) is 0 Å². The van der Waals surface area contributed by atoms with Crippen molar-refractivity contribution in [2.45, 2.75) is 40.7 Å². The van der Waals surface area contributed by atoms with Crippen molar-refractivity contribution in [1.82, 2.24) is 10.4 Å². The van der Waals surface area contributed by atoms with E-state index in [1.165, 1.54) is 0 Å². The van der Waals surface area contributed by atoms with Crippen molar-refractivity contribution in [2.75, 3.05) is 7.05 Å². The van der Waals surface area contributed by atoms with E-state index < -0.39 is 0 Å². The van der Waals surface area contributed by atoms with Gasteiger partial charge in [-0.25, -0.2) is 5.43 Å². The van der Waals surface area contributed by atoms with E-state index in [1.54, 1.807) is 0 Å². The van der Waals surface area contributed by atoms with E-state index in [9.17, 15) is 0 Å². The maximum atomic E-state index is 3.14. The molecule has 1 aliphatic rings. The second-order valence-electron chi connectivity index (χ2n) is 1.87. The molecule has 0 radical (unpaired) electrons. The summed E-state index contributed by atoms with van der Waals surface area (Å²) in [5, 5.41) is 1.95. The van der Waals surface area contributed by atoms with Crippen LogP contribution in [-0.4, -0.2) is 18.1 Å². The first-order valence-electron chi connectivity index (χ1n) is 4.46.